The van der Waals surface area contributed by atoms with Crippen molar-refractivity contribution in [1.82, 2.24) is 4.90 Å². The summed E-state index contributed by atoms with van der Waals surface area (Å²) in [4.78, 5) is 25.0. The molecule has 0 fully saturated rings. The summed E-state index contributed by atoms with van der Waals surface area (Å²) in [6, 6.07) is 14.3. The summed E-state index contributed by atoms with van der Waals surface area (Å²) in [5, 5.41) is 9.00. The van der Waals surface area contributed by atoms with Crippen LogP contribution in [0.25, 0.3) is 0 Å². The number of carboxylic acid groups (broad SMARTS) is 1. The third-order valence-corrected chi connectivity index (χ3v) is 5.52. The number of nitrogens with zero attached hydrogens (tertiary/aromatic N) is 1. The first kappa shape index (κ1) is 20.6. The fourth-order valence-electron chi connectivity index (χ4n) is 2.52. The second kappa shape index (κ2) is 9.29. The molecule has 27 heavy (non-hydrogen) atoms. The van der Waals surface area contributed by atoms with Crippen molar-refractivity contribution in [1.29, 1.82) is 0 Å². The first-order chi connectivity index (χ1) is 12.8. The zero-order valence-corrected chi connectivity index (χ0v) is 15.7. The van der Waals surface area contributed by atoms with Crippen LogP contribution in [0.3, 0.4) is 0 Å². The van der Waals surface area contributed by atoms with Crippen LogP contribution in [0, 0.1) is 0 Å². The SMILES string of the molecule is COCCN(CC(=O)O)C(=O)c1cccc(CS(=O)(=O)c2ccccc2)c1. The number of hydrogen-bond acceptors (Lipinski definition) is 5. The van der Waals surface area contributed by atoms with Gasteiger partial charge >= 0.3 is 5.97 Å². The minimum atomic E-state index is -3.55. The summed E-state index contributed by atoms with van der Waals surface area (Å²) in [7, 11) is -2.09. The molecule has 8 heteroatoms. The highest BCUT2D eigenvalue weighted by Crippen LogP contribution is 2.17. The monoisotopic (exact) mass is 391 g/mol. The average molecular weight is 391 g/mol. The number of aliphatic carboxylic acids is 1. The second-order valence-electron chi connectivity index (χ2n) is 5.89. The van der Waals surface area contributed by atoms with Gasteiger partial charge in [-0.3, -0.25) is 9.59 Å². The lowest BCUT2D eigenvalue weighted by Gasteiger charge is -2.20. The van der Waals surface area contributed by atoms with E-state index >= 15 is 0 Å². The first-order valence-electron chi connectivity index (χ1n) is 8.20. The lowest BCUT2D eigenvalue weighted by molar-refractivity contribution is -0.137. The van der Waals surface area contributed by atoms with Crippen LogP contribution in [-0.4, -0.2) is 57.1 Å². The van der Waals surface area contributed by atoms with Gasteiger partial charge in [0.25, 0.3) is 5.91 Å². The Bertz CT molecular complexity index is 895. The zero-order chi connectivity index (χ0) is 19.9. The number of ether oxygens (including phenoxy) is 1. The third-order valence-electron chi connectivity index (χ3n) is 3.81. The van der Waals surface area contributed by atoms with E-state index in [2.05, 4.69) is 0 Å². The highest BCUT2D eigenvalue weighted by atomic mass is 32.2. The quantitative estimate of drug-likeness (QED) is 0.700. The summed E-state index contributed by atoms with van der Waals surface area (Å²) in [6.07, 6.45) is 0. The van der Waals surface area contributed by atoms with Crippen LogP contribution >= 0.6 is 0 Å². The van der Waals surface area contributed by atoms with Crippen molar-refractivity contribution < 1.29 is 27.9 Å². The molecule has 0 heterocycles. The Labute approximate surface area is 158 Å². The number of carboxylic acids is 1. The maximum Gasteiger partial charge on any atom is 0.323 e. The number of amides is 1. The Balaban J connectivity index is 2.23. The van der Waals surface area contributed by atoms with Crippen LogP contribution < -0.4 is 0 Å². The molecule has 1 N–H and O–H groups in total. The van der Waals surface area contributed by atoms with Crippen LogP contribution in [0.1, 0.15) is 15.9 Å². The van der Waals surface area contributed by atoms with Gasteiger partial charge in [-0.25, -0.2) is 8.42 Å². The molecule has 0 spiro atoms. The fraction of sp³-hybridized carbons (Fsp3) is 0.263. The number of hydrogen-bond donors (Lipinski definition) is 1. The average Bonchev–Trinajstić information content (AvgIpc) is 2.65. The second-order valence-corrected chi connectivity index (χ2v) is 7.88. The molecule has 0 aliphatic carbocycles. The molecular weight excluding hydrogens is 370 g/mol. The molecule has 0 bridgehead atoms. The number of rotatable bonds is 9. The van der Waals surface area contributed by atoms with E-state index in [1.54, 1.807) is 30.3 Å². The molecule has 144 valence electrons. The smallest absolute Gasteiger partial charge is 0.323 e. The third kappa shape index (κ3) is 5.90. The number of benzene rings is 2. The Kier molecular flexibility index (Phi) is 7.09. The van der Waals surface area contributed by atoms with Gasteiger partial charge in [-0.2, -0.15) is 0 Å². The number of carbonyl (C=O) groups excluding carboxylic acids is 1. The van der Waals surface area contributed by atoms with Gasteiger partial charge in [0.05, 0.1) is 17.3 Å². The highest BCUT2D eigenvalue weighted by Gasteiger charge is 2.20. The van der Waals surface area contributed by atoms with Gasteiger partial charge in [-0.1, -0.05) is 30.3 Å². The lowest BCUT2D eigenvalue weighted by atomic mass is 10.1. The number of sulfone groups is 1. The predicted molar refractivity (Wildman–Crippen MR) is 99.2 cm³/mol. The Hall–Kier alpha value is -2.71. The minimum absolute atomic E-state index is 0.119. The van der Waals surface area contributed by atoms with Crippen molar-refractivity contribution >= 4 is 21.7 Å². The van der Waals surface area contributed by atoms with E-state index < -0.39 is 28.3 Å². The molecule has 0 aliphatic rings. The van der Waals surface area contributed by atoms with Crippen molar-refractivity contribution in [2.45, 2.75) is 10.6 Å². The van der Waals surface area contributed by atoms with Gasteiger partial charge in [-0.05, 0) is 29.8 Å². The molecule has 2 rings (SSSR count). The summed E-state index contributed by atoms with van der Waals surface area (Å²) < 4.78 is 29.9. The molecule has 0 aromatic heterocycles. The van der Waals surface area contributed by atoms with Gasteiger partial charge < -0.3 is 14.7 Å². The van der Waals surface area contributed by atoms with Crippen LogP contribution in [0.15, 0.2) is 59.5 Å². The molecule has 0 saturated carbocycles. The van der Waals surface area contributed by atoms with Crippen LogP contribution in [0.2, 0.25) is 0 Å². The van der Waals surface area contributed by atoms with Gasteiger partial charge in [0, 0.05) is 19.2 Å². The first-order valence-corrected chi connectivity index (χ1v) is 9.85. The molecule has 7 nitrogen and oxygen atoms in total. The van der Waals surface area contributed by atoms with Crippen molar-refractivity contribution in [2.75, 3.05) is 26.8 Å². The van der Waals surface area contributed by atoms with Crippen LogP contribution in [-0.2, 0) is 25.1 Å². The summed E-state index contributed by atoms with van der Waals surface area (Å²) >= 11 is 0. The number of carbonyl (C=O) groups is 2. The Morgan fingerprint density at radius 1 is 1.07 bits per heavy atom. The van der Waals surface area contributed by atoms with E-state index in [1.165, 1.54) is 31.4 Å². The minimum Gasteiger partial charge on any atom is -0.480 e. The summed E-state index contributed by atoms with van der Waals surface area (Å²) in [5.41, 5.74) is 0.680. The van der Waals surface area contributed by atoms with Crippen molar-refractivity contribution in [3.8, 4) is 0 Å². The predicted octanol–water partition coefficient (Wildman–Crippen LogP) is 1.83. The molecule has 2 aromatic carbocycles. The highest BCUT2D eigenvalue weighted by molar-refractivity contribution is 7.90. The van der Waals surface area contributed by atoms with Gasteiger partial charge in [0.15, 0.2) is 9.84 Å². The Morgan fingerprint density at radius 3 is 2.41 bits per heavy atom. The molecular formula is C19H21NO6S. The van der Waals surface area contributed by atoms with Crippen molar-refractivity contribution in [3.63, 3.8) is 0 Å². The van der Waals surface area contributed by atoms with Crippen molar-refractivity contribution in [3.05, 3.63) is 65.7 Å². The summed E-state index contributed by atoms with van der Waals surface area (Å²) in [6.45, 7) is -0.149. The van der Waals surface area contributed by atoms with Gasteiger partial charge in [-0.15, -0.1) is 0 Å². The van der Waals surface area contributed by atoms with E-state index in [1.807, 2.05) is 0 Å². The van der Waals surface area contributed by atoms with E-state index in [0.717, 1.165) is 4.90 Å². The van der Waals surface area contributed by atoms with E-state index in [0.29, 0.717) is 5.56 Å². The maximum absolute atomic E-state index is 12.6. The fourth-order valence-corrected chi connectivity index (χ4v) is 3.88. The molecule has 0 aliphatic heterocycles. The topological polar surface area (TPSA) is 101 Å². The molecule has 1 amide bonds. The van der Waals surface area contributed by atoms with E-state index in [4.69, 9.17) is 9.84 Å². The molecule has 2 aromatic rings. The standard InChI is InChI=1S/C19H21NO6S/c1-26-11-10-20(13-18(21)22)19(23)16-7-5-6-15(12-16)14-27(24,25)17-8-3-2-4-9-17/h2-9,12H,10-11,13-14H2,1H3,(H,21,22). The van der Waals surface area contributed by atoms with Crippen molar-refractivity contribution in [2.24, 2.45) is 0 Å². The van der Waals surface area contributed by atoms with Gasteiger partial charge in [0.1, 0.15) is 6.54 Å². The Morgan fingerprint density at radius 2 is 1.78 bits per heavy atom. The van der Waals surface area contributed by atoms with E-state index in [-0.39, 0.29) is 29.4 Å². The molecule has 0 atom stereocenters. The maximum atomic E-state index is 12.6. The molecule has 0 radical (unpaired) electrons. The zero-order valence-electron chi connectivity index (χ0n) is 14.9. The van der Waals surface area contributed by atoms with Crippen LogP contribution in [0.5, 0.6) is 0 Å². The van der Waals surface area contributed by atoms with E-state index in [9.17, 15) is 18.0 Å². The van der Waals surface area contributed by atoms with Gasteiger partial charge in [0.2, 0.25) is 0 Å². The number of methoxy groups -OCH3 is 1. The van der Waals surface area contributed by atoms with Crippen LogP contribution in [0.4, 0.5) is 0 Å². The lowest BCUT2D eigenvalue weighted by Crippen LogP contribution is -2.38. The molecule has 0 saturated heterocycles. The largest absolute Gasteiger partial charge is 0.480 e. The normalized spacial score (nSPS) is 11.1. The molecule has 0 unspecified atom stereocenters. The summed E-state index contributed by atoms with van der Waals surface area (Å²) in [5.74, 6) is -1.88.